The Kier molecular flexibility index (Phi) is 6.45. The van der Waals surface area contributed by atoms with Crippen molar-refractivity contribution in [3.05, 3.63) is 53.1 Å². The molecule has 0 aliphatic rings. The Hall–Kier alpha value is -2.46. The second-order valence-corrected chi connectivity index (χ2v) is 8.02. The number of benzene rings is 2. The van der Waals surface area contributed by atoms with E-state index in [1.54, 1.807) is 0 Å². The highest BCUT2D eigenvalue weighted by Gasteiger charge is 2.33. The van der Waals surface area contributed by atoms with Gasteiger partial charge < -0.3 is 10.1 Å². The maximum Gasteiger partial charge on any atom is 0.417 e. The van der Waals surface area contributed by atoms with Crippen molar-refractivity contribution >= 4 is 38.9 Å². The number of hydrogen-bond donors (Lipinski definition) is 1. The average molecular weight is 437 g/mol. The number of carbonyl (C=O) groups excluding carboxylic acids is 1. The number of hydrogen-bond acceptors (Lipinski definition) is 4. The zero-order valence-electron chi connectivity index (χ0n) is 14.7. The lowest BCUT2D eigenvalue weighted by atomic mass is 10.2. The minimum Gasteiger partial charge on any atom is -0.497 e. The number of methoxy groups -OCH3 is 1. The van der Waals surface area contributed by atoms with Gasteiger partial charge in [0.05, 0.1) is 29.6 Å². The highest BCUT2D eigenvalue weighted by atomic mass is 35.5. The minimum atomic E-state index is -4.69. The van der Waals surface area contributed by atoms with Crippen LogP contribution >= 0.6 is 11.6 Å². The van der Waals surface area contributed by atoms with Crippen LogP contribution in [0.2, 0.25) is 5.02 Å². The summed E-state index contributed by atoms with van der Waals surface area (Å²) in [6, 6.07) is 8.78. The van der Waals surface area contributed by atoms with Gasteiger partial charge in [-0.2, -0.15) is 13.2 Å². The quantitative estimate of drug-likeness (QED) is 0.748. The molecule has 0 aliphatic heterocycles. The number of ether oxygens (including phenoxy) is 1. The summed E-state index contributed by atoms with van der Waals surface area (Å²) in [6.45, 7) is -0.630. The van der Waals surface area contributed by atoms with Crippen LogP contribution in [-0.4, -0.2) is 34.2 Å². The maximum absolute atomic E-state index is 12.9. The number of nitrogens with one attached hydrogen (secondary N) is 1. The number of carbonyl (C=O) groups is 1. The molecular formula is C17H16ClF3N2O4S. The number of rotatable bonds is 6. The predicted molar refractivity (Wildman–Crippen MR) is 100 cm³/mol. The Bertz CT molecular complexity index is 963. The van der Waals surface area contributed by atoms with Crippen molar-refractivity contribution in [3.63, 3.8) is 0 Å². The molecule has 2 rings (SSSR count). The Morgan fingerprint density at radius 1 is 1.18 bits per heavy atom. The van der Waals surface area contributed by atoms with Gasteiger partial charge in [0.15, 0.2) is 0 Å². The van der Waals surface area contributed by atoms with Crippen LogP contribution in [0.1, 0.15) is 5.56 Å². The topological polar surface area (TPSA) is 75.7 Å². The molecule has 2 aromatic carbocycles. The first-order valence-corrected chi connectivity index (χ1v) is 9.93. The standard InChI is InChI=1S/C17H16ClF3N2O4S/c1-27-13-6-4-12(5-7-13)23(28(2,25)26)10-16(24)22-11-3-8-15(18)14(9-11)17(19,20)21/h3-9H,10H2,1-2H3,(H,22,24). The molecule has 0 radical (unpaired) electrons. The molecule has 0 unspecified atom stereocenters. The largest absolute Gasteiger partial charge is 0.497 e. The van der Waals surface area contributed by atoms with Crippen molar-refractivity contribution in [1.29, 1.82) is 0 Å². The fourth-order valence-electron chi connectivity index (χ4n) is 2.30. The van der Waals surface area contributed by atoms with Gasteiger partial charge in [0.2, 0.25) is 15.9 Å². The summed E-state index contributed by atoms with van der Waals surface area (Å²) in [6.07, 6.45) is -3.78. The van der Waals surface area contributed by atoms with E-state index in [4.69, 9.17) is 16.3 Å². The molecule has 0 aromatic heterocycles. The number of anilines is 2. The van der Waals surface area contributed by atoms with Crippen molar-refractivity contribution in [2.24, 2.45) is 0 Å². The van der Waals surface area contributed by atoms with Crippen molar-refractivity contribution in [2.45, 2.75) is 6.18 Å². The molecule has 0 aliphatic carbocycles. The molecular weight excluding hydrogens is 421 g/mol. The fourth-order valence-corrected chi connectivity index (χ4v) is 3.38. The number of sulfonamides is 1. The molecule has 28 heavy (non-hydrogen) atoms. The molecule has 0 spiro atoms. The van der Waals surface area contributed by atoms with Crippen LogP contribution < -0.4 is 14.4 Å². The number of amides is 1. The first kappa shape index (κ1) is 21.8. The van der Waals surface area contributed by atoms with Gasteiger partial charge in [-0.25, -0.2) is 8.42 Å². The second kappa shape index (κ2) is 8.27. The summed E-state index contributed by atoms with van der Waals surface area (Å²) in [7, 11) is -2.39. The van der Waals surface area contributed by atoms with Gasteiger partial charge in [-0.05, 0) is 42.5 Å². The van der Waals surface area contributed by atoms with E-state index >= 15 is 0 Å². The van der Waals surface area contributed by atoms with E-state index in [9.17, 15) is 26.4 Å². The Labute approximate surface area is 164 Å². The summed E-state index contributed by atoms with van der Waals surface area (Å²) in [5, 5.41) is 1.74. The zero-order chi connectivity index (χ0) is 21.1. The smallest absolute Gasteiger partial charge is 0.417 e. The molecule has 0 atom stereocenters. The van der Waals surface area contributed by atoms with Crippen LogP contribution in [0.15, 0.2) is 42.5 Å². The number of nitrogens with zero attached hydrogens (tertiary/aromatic N) is 1. The van der Waals surface area contributed by atoms with E-state index in [0.29, 0.717) is 11.8 Å². The third kappa shape index (κ3) is 5.52. The minimum absolute atomic E-state index is 0.162. The summed E-state index contributed by atoms with van der Waals surface area (Å²) in [5.41, 5.74) is -1.07. The van der Waals surface area contributed by atoms with Crippen LogP contribution in [0.4, 0.5) is 24.5 Å². The Morgan fingerprint density at radius 3 is 2.29 bits per heavy atom. The van der Waals surface area contributed by atoms with Gasteiger partial charge in [0, 0.05) is 5.69 Å². The highest BCUT2D eigenvalue weighted by Crippen LogP contribution is 2.36. The molecule has 0 heterocycles. The lowest BCUT2D eigenvalue weighted by Crippen LogP contribution is -2.37. The van der Waals surface area contributed by atoms with Gasteiger partial charge >= 0.3 is 6.18 Å². The third-order valence-electron chi connectivity index (χ3n) is 3.60. The Balaban J connectivity index is 2.23. The van der Waals surface area contributed by atoms with Crippen LogP contribution in [0.25, 0.3) is 0 Å². The highest BCUT2D eigenvalue weighted by molar-refractivity contribution is 7.92. The molecule has 1 N–H and O–H groups in total. The van der Waals surface area contributed by atoms with Gasteiger partial charge in [-0.15, -0.1) is 0 Å². The van der Waals surface area contributed by atoms with Crippen molar-refractivity contribution in [1.82, 2.24) is 0 Å². The second-order valence-electron chi connectivity index (χ2n) is 5.71. The van der Waals surface area contributed by atoms with E-state index in [1.807, 2.05) is 0 Å². The average Bonchev–Trinajstić information content (AvgIpc) is 2.59. The van der Waals surface area contributed by atoms with Gasteiger partial charge in [0.25, 0.3) is 0 Å². The van der Waals surface area contributed by atoms with Crippen LogP contribution in [0.5, 0.6) is 5.75 Å². The molecule has 2 aromatic rings. The van der Waals surface area contributed by atoms with Crippen LogP contribution in [0.3, 0.4) is 0 Å². The van der Waals surface area contributed by atoms with Crippen molar-refractivity contribution in [2.75, 3.05) is 29.5 Å². The van der Waals surface area contributed by atoms with Crippen molar-refractivity contribution < 1.29 is 31.1 Å². The molecule has 1 amide bonds. The summed E-state index contributed by atoms with van der Waals surface area (Å²) in [5.74, 6) is -0.334. The molecule has 11 heteroatoms. The number of alkyl halides is 3. The zero-order valence-corrected chi connectivity index (χ0v) is 16.3. The van der Waals surface area contributed by atoms with E-state index in [0.717, 1.165) is 16.6 Å². The predicted octanol–water partition coefficient (Wildman–Crippen LogP) is 3.77. The van der Waals surface area contributed by atoms with E-state index in [2.05, 4.69) is 5.32 Å². The molecule has 6 nitrogen and oxygen atoms in total. The van der Waals surface area contributed by atoms with Gasteiger partial charge in [0.1, 0.15) is 12.3 Å². The van der Waals surface area contributed by atoms with Crippen molar-refractivity contribution in [3.8, 4) is 5.75 Å². The molecule has 0 fully saturated rings. The number of halogens is 4. The maximum atomic E-state index is 12.9. The van der Waals surface area contributed by atoms with E-state index < -0.39 is 39.2 Å². The van der Waals surface area contributed by atoms with Crippen LogP contribution in [0, 0.1) is 0 Å². The van der Waals surface area contributed by atoms with E-state index in [-0.39, 0.29) is 11.4 Å². The molecule has 0 bridgehead atoms. The van der Waals surface area contributed by atoms with E-state index in [1.165, 1.54) is 37.4 Å². The summed E-state index contributed by atoms with van der Waals surface area (Å²) in [4.78, 5) is 12.3. The summed E-state index contributed by atoms with van der Waals surface area (Å²) < 4.78 is 68.7. The fraction of sp³-hybridized carbons (Fsp3) is 0.235. The third-order valence-corrected chi connectivity index (χ3v) is 5.07. The lowest BCUT2D eigenvalue weighted by Gasteiger charge is -2.22. The van der Waals surface area contributed by atoms with Crippen LogP contribution in [-0.2, 0) is 21.0 Å². The Morgan fingerprint density at radius 2 is 1.79 bits per heavy atom. The lowest BCUT2D eigenvalue weighted by molar-refractivity contribution is -0.137. The molecule has 0 saturated carbocycles. The SMILES string of the molecule is COc1ccc(N(CC(=O)Nc2ccc(Cl)c(C(F)(F)F)c2)S(C)(=O)=O)cc1. The first-order valence-electron chi connectivity index (χ1n) is 7.70. The normalized spacial score (nSPS) is 11.8. The van der Waals surface area contributed by atoms with Gasteiger partial charge in [-0.1, -0.05) is 11.6 Å². The summed E-state index contributed by atoms with van der Waals surface area (Å²) >= 11 is 5.54. The first-order chi connectivity index (χ1) is 12.9. The molecule has 152 valence electrons. The monoisotopic (exact) mass is 436 g/mol. The molecule has 0 saturated heterocycles. The van der Waals surface area contributed by atoms with Gasteiger partial charge in [-0.3, -0.25) is 9.10 Å².